The third-order valence-corrected chi connectivity index (χ3v) is 4.16. The van der Waals surface area contributed by atoms with Crippen molar-refractivity contribution in [1.29, 1.82) is 0 Å². The molecule has 0 aliphatic heterocycles. The van der Waals surface area contributed by atoms with Crippen molar-refractivity contribution in [3.63, 3.8) is 0 Å². The number of amides is 1. The minimum atomic E-state index is -0.988. The Balaban J connectivity index is 1.64. The summed E-state index contributed by atoms with van der Waals surface area (Å²) in [7, 11) is 0. The van der Waals surface area contributed by atoms with Crippen LogP contribution in [0.3, 0.4) is 0 Å². The largest absolute Gasteiger partial charge is 0.480 e. The fourth-order valence-corrected chi connectivity index (χ4v) is 2.63. The molecule has 0 heterocycles. The summed E-state index contributed by atoms with van der Waals surface area (Å²) in [5.41, 5.74) is 0.0614. The van der Waals surface area contributed by atoms with E-state index < -0.39 is 11.5 Å². The average molecular weight is 280 g/mol. The Hall–Kier alpha value is -1.55. The number of hydrogen-bond acceptors (Lipinski definition) is 2. The normalized spacial score (nSPS) is 26.6. The zero-order valence-electron chi connectivity index (χ0n) is 10.2. The monoisotopic (exact) mass is 279 g/mol. The van der Waals surface area contributed by atoms with Gasteiger partial charge in [0.2, 0.25) is 5.91 Å². The number of carbonyl (C=O) groups is 2. The zero-order chi connectivity index (χ0) is 13.6. The Morgan fingerprint density at radius 2 is 2.11 bits per heavy atom. The highest BCUT2D eigenvalue weighted by Gasteiger charge is 2.54. The van der Waals surface area contributed by atoms with Gasteiger partial charge in [0.15, 0.2) is 0 Å². The van der Waals surface area contributed by atoms with Crippen molar-refractivity contribution in [3.8, 4) is 0 Å². The van der Waals surface area contributed by atoms with Crippen LogP contribution in [-0.2, 0) is 9.59 Å². The SMILES string of the molecule is O=C(NC1(C(=O)O)CC1)C1CC1c1cccc(Cl)c1. The van der Waals surface area contributed by atoms with Gasteiger partial charge in [0.1, 0.15) is 5.54 Å². The third-order valence-electron chi connectivity index (χ3n) is 3.93. The lowest BCUT2D eigenvalue weighted by molar-refractivity contribution is -0.143. The molecule has 1 aromatic rings. The number of halogens is 1. The highest BCUT2D eigenvalue weighted by Crippen LogP contribution is 2.49. The van der Waals surface area contributed by atoms with E-state index in [0.29, 0.717) is 17.9 Å². The number of benzene rings is 1. The molecule has 1 aromatic carbocycles. The summed E-state index contributed by atoms with van der Waals surface area (Å²) < 4.78 is 0. The Labute approximate surface area is 115 Å². The molecule has 0 bridgehead atoms. The fourth-order valence-electron chi connectivity index (χ4n) is 2.44. The van der Waals surface area contributed by atoms with Gasteiger partial charge in [0.25, 0.3) is 0 Å². The first-order chi connectivity index (χ1) is 9.02. The number of hydrogen-bond donors (Lipinski definition) is 2. The number of carboxylic acids is 1. The molecule has 0 radical (unpaired) electrons. The molecular weight excluding hydrogens is 266 g/mol. The van der Waals surface area contributed by atoms with Crippen LogP contribution in [0, 0.1) is 5.92 Å². The molecule has 2 unspecified atom stereocenters. The molecule has 0 saturated heterocycles. The summed E-state index contributed by atoms with van der Waals surface area (Å²) in [5.74, 6) is -1.02. The second kappa shape index (κ2) is 4.23. The minimum absolute atomic E-state index is 0.115. The van der Waals surface area contributed by atoms with E-state index >= 15 is 0 Å². The van der Waals surface area contributed by atoms with Crippen molar-refractivity contribution in [2.75, 3.05) is 0 Å². The van der Waals surface area contributed by atoms with Crippen molar-refractivity contribution < 1.29 is 14.7 Å². The van der Waals surface area contributed by atoms with Gasteiger partial charge in [0.05, 0.1) is 0 Å². The van der Waals surface area contributed by atoms with Gasteiger partial charge in [-0.1, -0.05) is 23.7 Å². The average Bonchev–Trinajstić information content (AvgIpc) is 3.23. The van der Waals surface area contributed by atoms with Gasteiger partial charge in [-0.15, -0.1) is 0 Å². The van der Waals surface area contributed by atoms with E-state index in [-0.39, 0.29) is 17.7 Å². The van der Waals surface area contributed by atoms with Crippen LogP contribution >= 0.6 is 11.6 Å². The Bertz CT molecular complexity index is 553. The van der Waals surface area contributed by atoms with E-state index in [1.807, 2.05) is 18.2 Å². The van der Waals surface area contributed by atoms with Crippen molar-refractivity contribution in [2.45, 2.75) is 30.7 Å². The molecule has 19 heavy (non-hydrogen) atoms. The molecule has 2 fully saturated rings. The first-order valence-corrected chi connectivity index (χ1v) is 6.70. The molecule has 5 heteroatoms. The smallest absolute Gasteiger partial charge is 0.329 e. The molecule has 0 aromatic heterocycles. The van der Waals surface area contributed by atoms with E-state index in [0.717, 1.165) is 12.0 Å². The van der Waals surface area contributed by atoms with Crippen LogP contribution in [0.4, 0.5) is 0 Å². The van der Waals surface area contributed by atoms with E-state index in [1.54, 1.807) is 6.07 Å². The number of carbonyl (C=O) groups excluding carboxylic acids is 1. The quantitative estimate of drug-likeness (QED) is 0.888. The molecule has 2 atom stereocenters. The summed E-state index contributed by atoms with van der Waals surface area (Å²) in [6.07, 6.45) is 1.83. The summed E-state index contributed by atoms with van der Waals surface area (Å²) >= 11 is 5.92. The van der Waals surface area contributed by atoms with Crippen molar-refractivity contribution in [2.24, 2.45) is 5.92 Å². The number of aliphatic carboxylic acids is 1. The first kappa shape index (κ1) is 12.5. The second-order valence-corrected chi connectivity index (χ2v) is 5.82. The summed E-state index contributed by atoms with van der Waals surface area (Å²) in [6.45, 7) is 0. The maximum absolute atomic E-state index is 12.0. The van der Waals surface area contributed by atoms with Crippen molar-refractivity contribution in [3.05, 3.63) is 34.9 Å². The molecule has 100 valence electrons. The van der Waals surface area contributed by atoms with Crippen molar-refractivity contribution in [1.82, 2.24) is 5.32 Å². The molecule has 2 aliphatic carbocycles. The fraction of sp³-hybridized carbons (Fsp3) is 0.429. The lowest BCUT2D eigenvalue weighted by atomic mass is 10.1. The van der Waals surface area contributed by atoms with Crippen LogP contribution in [0.25, 0.3) is 0 Å². The summed E-state index contributed by atoms with van der Waals surface area (Å²) in [5, 5.41) is 12.4. The van der Waals surface area contributed by atoms with Gasteiger partial charge in [-0.25, -0.2) is 4.79 Å². The predicted octanol–water partition coefficient (Wildman–Crippen LogP) is 2.18. The summed E-state index contributed by atoms with van der Waals surface area (Å²) in [4.78, 5) is 23.1. The van der Waals surface area contributed by atoms with E-state index in [4.69, 9.17) is 16.7 Å². The van der Waals surface area contributed by atoms with Crippen molar-refractivity contribution >= 4 is 23.5 Å². The van der Waals surface area contributed by atoms with Gasteiger partial charge in [-0.2, -0.15) is 0 Å². The van der Waals surface area contributed by atoms with E-state index in [9.17, 15) is 9.59 Å². The zero-order valence-corrected chi connectivity index (χ0v) is 11.0. The van der Waals surface area contributed by atoms with Crippen LogP contribution in [0.1, 0.15) is 30.7 Å². The predicted molar refractivity (Wildman–Crippen MR) is 70.0 cm³/mol. The van der Waals surface area contributed by atoms with Gasteiger partial charge in [-0.05, 0) is 42.9 Å². The second-order valence-electron chi connectivity index (χ2n) is 5.38. The lowest BCUT2D eigenvalue weighted by Gasteiger charge is -2.12. The molecule has 1 amide bonds. The van der Waals surface area contributed by atoms with Crippen LogP contribution in [0.15, 0.2) is 24.3 Å². The highest BCUT2D eigenvalue weighted by molar-refractivity contribution is 6.30. The molecule has 0 spiro atoms. The van der Waals surface area contributed by atoms with Crippen LogP contribution in [0.2, 0.25) is 5.02 Å². The van der Waals surface area contributed by atoms with E-state index in [2.05, 4.69) is 5.32 Å². The van der Waals surface area contributed by atoms with Gasteiger partial charge in [-0.3, -0.25) is 4.79 Å². The van der Waals surface area contributed by atoms with Gasteiger partial charge in [0, 0.05) is 10.9 Å². The lowest BCUT2D eigenvalue weighted by Crippen LogP contribution is -2.43. The molecule has 4 nitrogen and oxygen atoms in total. The molecule has 2 N–H and O–H groups in total. The number of carboxylic acid groups (broad SMARTS) is 1. The topological polar surface area (TPSA) is 66.4 Å². The molecule has 3 rings (SSSR count). The third kappa shape index (κ3) is 2.32. The summed E-state index contributed by atoms with van der Waals surface area (Å²) in [6, 6.07) is 7.48. The Morgan fingerprint density at radius 3 is 2.68 bits per heavy atom. The maximum atomic E-state index is 12.0. The standard InChI is InChI=1S/C14H14ClNO3/c15-9-3-1-2-8(6-9)10-7-11(10)12(17)16-14(4-5-14)13(18)19/h1-3,6,10-11H,4-5,7H2,(H,16,17)(H,18,19). The molecular formula is C14H14ClNO3. The molecule has 2 aliphatic rings. The maximum Gasteiger partial charge on any atom is 0.329 e. The van der Waals surface area contributed by atoms with E-state index in [1.165, 1.54) is 0 Å². The molecule has 2 saturated carbocycles. The Kier molecular flexibility index (Phi) is 2.78. The van der Waals surface area contributed by atoms with Crippen LogP contribution in [-0.4, -0.2) is 22.5 Å². The Morgan fingerprint density at radius 1 is 1.37 bits per heavy atom. The highest BCUT2D eigenvalue weighted by atomic mass is 35.5. The van der Waals surface area contributed by atoms with Gasteiger partial charge < -0.3 is 10.4 Å². The minimum Gasteiger partial charge on any atom is -0.480 e. The number of nitrogens with one attached hydrogen (secondary N) is 1. The van der Waals surface area contributed by atoms with Crippen LogP contribution in [0.5, 0.6) is 0 Å². The van der Waals surface area contributed by atoms with Crippen LogP contribution < -0.4 is 5.32 Å². The number of rotatable bonds is 4. The van der Waals surface area contributed by atoms with Gasteiger partial charge >= 0.3 is 5.97 Å². The first-order valence-electron chi connectivity index (χ1n) is 6.33.